The van der Waals surface area contributed by atoms with Crippen LogP contribution in [0.2, 0.25) is 0 Å². The Morgan fingerprint density at radius 3 is 2.75 bits per heavy atom. The van der Waals surface area contributed by atoms with Crippen LogP contribution in [0.4, 0.5) is 9.93 Å². The van der Waals surface area contributed by atoms with Gasteiger partial charge < -0.3 is 10.1 Å². The zero-order valence-corrected chi connectivity index (χ0v) is 14.7. The molecule has 0 bridgehead atoms. The third-order valence-electron chi connectivity index (χ3n) is 3.07. The summed E-state index contributed by atoms with van der Waals surface area (Å²) in [6.07, 6.45) is 0.581. The fraction of sp³-hybridized carbons (Fsp3) is 0.333. The lowest BCUT2D eigenvalue weighted by molar-refractivity contribution is -0.118. The van der Waals surface area contributed by atoms with Gasteiger partial charge >= 0.3 is 6.09 Å². The Kier molecular flexibility index (Phi) is 6.89. The summed E-state index contributed by atoms with van der Waals surface area (Å²) in [5.41, 5.74) is 0.875. The molecule has 2 aromatic rings. The minimum atomic E-state index is -0.698. The maximum atomic E-state index is 12.3. The summed E-state index contributed by atoms with van der Waals surface area (Å²) < 4.78 is 5.61. The summed E-state index contributed by atoms with van der Waals surface area (Å²) in [6, 6.07) is 8.63. The van der Waals surface area contributed by atoms with Crippen LogP contribution in [-0.2, 0) is 16.1 Å². The Morgan fingerprint density at radius 1 is 1.38 bits per heavy atom. The number of H-pyrrole nitrogens is 1. The van der Waals surface area contributed by atoms with Crippen molar-refractivity contribution in [3.63, 3.8) is 0 Å². The number of carbonyl (C=O) groups excluding carboxylic acids is 2. The van der Waals surface area contributed by atoms with Crippen LogP contribution >= 0.6 is 23.6 Å². The monoisotopic (exact) mass is 366 g/mol. The van der Waals surface area contributed by atoms with Gasteiger partial charge in [-0.25, -0.2) is 4.79 Å². The number of aromatic amines is 1. The molecule has 1 heterocycles. The van der Waals surface area contributed by atoms with Crippen LogP contribution in [0.25, 0.3) is 0 Å². The second-order valence-corrected chi connectivity index (χ2v) is 6.62. The highest BCUT2D eigenvalue weighted by Gasteiger charge is 2.21. The van der Waals surface area contributed by atoms with Crippen molar-refractivity contribution in [1.29, 1.82) is 0 Å². The van der Waals surface area contributed by atoms with E-state index in [4.69, 9.17) is 17.0 Å². The van der Waals surface area contributed by atoms with Gasteiger partial charge in [0, 0.05) is 0 Å². The van der Waals surface area contributed by atoms with Crippen LogP contribution in [0.15, 0.2) is 30.3 Å². The molecule has 0 saturated heterocycles. The standard InChI is InChI=1S/C15H18N4O3S2/c1-2-6-11(12(20)17-13-18-19-15(23)24-13)16-14(21)22-9-10-7-4-3-5-8-10/h3-5,7-8,11H,2,6,9H2,1H3,(H,16,21)(H,19,23)(H,17,18,20). The van der Waals surface area contributed by atoms with E-state index < -0.39 is 12.1 Å². The summed E-state index contributed by atoms with van der Waals surface area (Å²) in [5, 5.41) is 12.0. The van der Waals surface area contributed by atoms with Gasteiger partial charge in [0.05, 0.1) is 0 Å². The maximum absolute atomic E-state index is 12.3. The number of hydrogen-bond acceptors (Lipinski definition) is 6. The fourth-order valence-electron chi connectivity index (χ4n) is 1.94. The van der Waals surface area contributed by atoms with Gasteiger partial charge in [0.1, 0.15) is 12.6 Å². The van der Waals surface area contributed by atoms with Crippen LogP contribution in [0, 0.1) is 3.95 Å². The van der Waals surface area contributed by atoms with Crippen molar-refractivity contribution in [1.82, 2.24) is 15.5 Å². The van der Waals surface area contributed by atoms with Gasteiger partial charge in [0.25, 0.3) is 0 Å². The number of ether oxygens (including phenoxy) is 1. The van der Waals surface area contributed by atoms with E-state index in [0.717, 1.165) is 23.3 Å². The predicted molar refractivity (Wildman–Crippen MR) is 94.4 cm³/mol. The molecule has 1 unspecified atom stereocenters. The quantitative estimate of drug-likeness (QED) is 0.654. The summed E-state index contributed by atoms with van der Waals surface area (Å²) in [5.74, 6) is -0.355. The third-order valence-corrected chi connectivity index (χ3v) is 4.07. The van der Waals surface area contributed by atoms with Crippen molar-refractivity contribution in [2.75, 3.05) is 5.32 Å². The SMILES string of the molecule is CCCC(NC(=O)OCc1ccccc1)C(=O)Nc1n[nH]c(=S)s1. The normalized spacial score (nSPS) is 11.5. The van der Waals surface area contributed by atoms with Crippen LogP contribution in [0.1, 0.15) is 25.3 Å². The first-order chi connectivity index (χ1) is 11.6. The molecule has 1 atom stereocenters. The summed E-state index contributed by atoms with van der Waals surface area (Å²) in [6.45, 7) is 2.07. The highest BCUT2D eigenvalue weighted by Crippen LogP contribution is 2.12. The molecule has 0 spiro atoms. The van der Waals surface area contributed by atoms with E-state index in [2.05, 4.69) is 20.8 Å². The Morgan fingerprint density at radius 2 is 2.12 bits per heavy atom. The molecule has 3 N–H and O–H groups in total. The van der Waals surface area contributed by atoms with Gasteiger partial charge in [-0.05, 0) is 24.2 Å². The zero-order valence-electron chi connectivity index (χ0n) is 13.1. The summed E-state index contributed by atoms with van der Waals surface area (Å²) in [7, 11) is 0. The number of rotatable bonds is 7. The van der Waals surface area contributed by atoms with Crippen molar-refractivity contribution >= 4 is 40.7 Å². The van der Waals surface area contributed by atoms with Gasteiger partial charge in [-0.3, -0.25) is 15.2 Å². The number of nitrogens with zero attached hydrogens (tertiary/aromatic N) is 1. The minimum Gasteiger partial charge on any atom is -0.445 e. The van der Waals surface area contributed by atoms with Gasteiger partial charge in [-0.2, -0.15) is 0 Å². The van der Waals surface area contributed by atoms with E-state index in [0.29, 0.717) is 15.5 Å². The minimum absolute atomic E-state index is 0.147. The fourth-order valence-corrected chi connectivity index (χ4v) is 2.73. The van der Waals surface area contributed by atoms with E-state index in [9.17, 15) is 9.59 Å². The van der Waals surface area contributed by atoms with Crippen LogP contribution in [0.5, 0.6) is 0 Å². The molecule has 2 amide bonds. The molecule has 1 aromatic carbocycles. The molecule has 0 radical (unpaired) electrons. The van der Waals surface area contributed by atoms with Crippen molar-refractivity contribution < 1.29 is 14.3 Å². The second kappa shape index (κ2) is 9.14. The lowest BCUT2D eigenvalue weighted by atomic mass is 10.1. The molecule has 7 nitrogen and oxygen atoms in total. The first-order valence-electron chi connectivity index (χ1n) is 7.42. The second-order valence-electron chi connectivity index (χ2n) is 4.95. The van der Waals surface area contributed by atoms with Crippen molar-refractivity contribution in [2.45, 2.75) is 32.4 Å². The zero-order chi connectivity index (χ0) is 17.4. The smallest absolute Gasteiger partial charge is 0.408 e. The highest BCUT2D eigenvalue weighted by atomic mass is 32.1. The largest absolute Gasteiger partial charge is 0.445 e. The van der Waals surface area contributed by atoms with Gasteiger partial charge in [-0.15, -0.1) is 5.10 Å². The molecule has 9 heteroatoms. The first-order valence-corrected chi connectivity index (χ1v) is 8.64. The summed E-state index contributed by atoms with van der Waals surface area (Å²) >= 11 is 6.06. The van der Waals surface area contributed by atoms with E-state index in [1.165, 1.54) is 0 Å². The number of carbonyl (C=O) groups is 2. The Labute approximate surface area is 148 Å². The van der Waals surface area contributed by atoms with Crippen molar-refractivity contribution in [2.24, 2.45) is 0 Å². The Bertz CT molecular complexity index is 730. The van der Waals surface area contributed by atoms with Crippen LogP contribution in [0.3, 0.4) is 0 Å². The molecular formula is C15H18N4O3S2. The lowest BCUT2D eigenvalue weighted by Gasteiger charge is -2.16. The van der Waals surface area contributed by atoms with Crippen molar-refractivity contribution in [3.05, 3.63) is 39.8 Å². The topological polar surface area (TPSA) is 96.1 Å². The van der Waals surface area contributed by atoms with Crippen LogP contribution < -0.4 is 10.6 Å². The van der Waals surface area contributed by atoms with Crippen molar-refractivity contribution in [3.8, 4) is 0 Å². The molecular weight excluding hydrogens is 348 g/mol. The summed E-state index contributed by atoms with van der Waals surface area (Å²) in [4.78, 5) is 24.2. The number of alkyl carbamates (subject to hydrolysis) is 1. The van der Waals surface area contributed by atoms with E-state index in [1.54, 1.807) is 0 Å². The molecule has 2 rings (SSSR count). The first kappa shape index (κ1) is 18.1. The van der Waals surface area contributed by atoms with E-state index in [1.807, 2.05) is 37.3 Å². The molecule has 0 saturated carbocycles. The third kappa shape index (κ3) is 5.74. The van der Waals surface area contributed by atoms with E-state index >= 15 is 0 Å². The molecule has 128 valence electrons. The number of benzene rings is 1. The molecule has 24 heavy (non-hydrogen) atoms. The molecule has 1 aromatic heterocycles. The molecule has 0 fully saturated rings. The predicted octanol–water partition coefficient (Wildman–Crippen LogP) is 3.23. The highest BCUT2D eigenvalue weighted by molar-refractivity contribution is 7.73. The van der Waals surface area contributed by atoms with Gasteiger partial charge in [-0.1, -0.05) is 55.0 Å². The lowest BCUT2D eigenvalue weighted by Crippen LogP contribution is -2.43. The Balaban J connectivity index is 1.88. The number of amides is 2. The maximum Gasteiger partial charge on any atom is 0.408 e. The Hall–Kier alpha value is -2.26. The number of aromatic nitrogens is 2. The van der Waals surface area contributed by atoms with E-state index in [-0.39, 0.29) is 12.5 Å². The van der Waals surface area contributed by atoms with Crippen LogP contribution in [-0.4, -0.2) is 28.2 Å². The molecule has 0 aliphatic heterocycles. The molecule has 0 aliphatic carbocycles. The average Bonchev–Trinajstić information content (AvgIpc) is 2.98. The van der Waals surface area contributed by atoms with Gasteiger partial charge in [0.2, 0.25) is 11.0 Å². The number of hydrogen-bond donors (Lipinski definition) is 3. The van der Waals surface area contributed by atoms with Gasteiger partial charge in [0.15, 0.2) is 3.95 Å². The number of nitrogens with one attached hydrogen (secondary N) is 3. The average molecular weight is 366 g/mol. The number of anilines is 1. The molecule has 0 aliphatic rings.